The summed E-state index contributed by atoms with van der Waals surface area (Å²) < 4.78 is 7.01. The molecule has 26 heavy (non-hydrogen) atoms. The van der Waals surface area contributed by atoms with E-state index >= 15 is 0 Å². The summed E-state index contributed by atoms with van der Waals surface area (Å²) >= 11 is 0. The molecular formula is C22H26N2O2. The third kappa shape index (κ3) is 3.79. The molecule has 0 aliphatic heterocycles. The molecule has 0 unspecified atom stereocenters. The molecule has 0 saturated carbocycles. The van der Waals surface area contributed by atoms with Gasteiger partial charge in [0, 0.05) is 23.4 Å². The normalized spacial score (nSPS) is 11.3. The summed E-state index contributed by atoms with van der Waals surface area (Å²) in [6, 6.07) is 9.95. The van der Waals surface area contributed by atoms with E-state index in [2.05, 4.69) is 44.1 Å². The number of aromatic nitrogens is 2. The molecule has 4 nitrogen and oxygen atoms in total. The van der Waals surface area contributed by atoms with Crippen LogP contribution in [0.5, 0.6) is 0 Å². The second-order valence-electron chi connectivity index (χ2n) is 7.44. The highest BCUT2D eigenvalue weighted by Gasteiger charge is 2.13. The Balaban J connectivity index is 1.92. The van der Waals surface area contributed by atoms with Crippen molar-refractivity contribution in [3.05, 3.63) is 75.0 Å². The van der Waals surface area contributed by atoms with Crippen molar-refractivity contribution in [2.24, 2.45) is 5.92 Å². The lowest BCUT2D eigenvalue weighted by molar-refractivity contribution is 0.393. The first-order valence-electron chi connectivity index (χ1n) is 9.07. The van der Waals surface area contributed by atoms with Gasteiger partial charge in [0.15, 0.2) is 0 Å². The van der Waals surface area contributed by atoms with Gasteiger partial charge in [-0.2, -0.15) is 0 Å². The molecule has 2 heterocycles. The van der Waals surface area contributed by atoms with E-state index in [4.69, 9.17) is 4.52 Å². The van der Waals surface area contributed by atoms with Crippen LogP contribution in [-0.2, 0) is 13.0 Å². The Morgan fingerprint density at radius 1 is 1.12 bits per heavy atom. The molecule has 0 aliphatic carbocycles. The van der Waals surface area contributed by atoms with Gasteiger partial charge in [0.25, 0.3) is 5.56 Å². The Bertz CT molecular complexity index is 961. The van der Waals surface area contributed by atoms with Crippen molar-refractivity contribution in [3.8, 4) is 11.1 Å². The van der Waals surface area contributed by atoms with E-state index in [0.717, 1.165) is 34.6 Å². The van der Waals surface area contributed by atoms with Gasteiger partial charge >= 0.3 is 0 Å². The smallest absolute Gasteiger partial charge is 0.250 e. The Hall–Kier alpha value is -2.62. The SMILES string of the molecule is Cc1cc(Cn2cc(-c3c(C)noc3C)ccc2=O)ccc1CC(C)C. The van der Waals surface area contributed by atoms with Crippen LogP contribution in [0.25, 0.3) is 11.1 Å². The summed E-state index contributed by atoms with van der Waals surface area (Å²) in [5, 5.41) is 4.01. The van der Waals surface area contributed by atoms with Crippen molar-refractivity contribution in [2.45, 2.75) is 47.6 Å². The van der Waals surface area contributed by atoms with Crippen LogP contribution in [0.1, 0.15) is 42.0 Å². The molecule has 3 aromatic rings. The van der Waals surface area contributed by atoms with Crippen molar-refractivity contribution in [2.75, 3.05) is 0 Å². The van der Waals surface area contributed by atoms with Crippen LogP contribution < -0.4 is 5.56 Å². The molecule has 1 aromatic carbocycles. The average molecular weight is 350 g/mol. The third-order valence-corrected chi connectivity index (χ3v) is 4.69. The highest BCUT2D eigenvalue weighted by molar-refractivity contribution is 5.66. The van der Waals surface area contributed by atoms with E-state index in [0.29, 0.717) is 12.5 Å². The number of hydrogen-bond acceptors (Lipinski definition) is 3. The first-order valence-corrected chi connectivity index (χ1v) is 9.07. The fourth-order valence-corrected chi connectivity index (χ4v) is 3.42. The molecule has 0 radical (unpaired) electrons. The lowest BCUT2D eigenvalue weighted by Crippen LogP contribution is -2.19. The number of benzene rings is 1. The molecule has 0 amide bonds. The topological polar surface area (TPSA) is 48.0 Å². The summed E-state index contributed by atoms with van der Waals surface area (Å²) in [6.07, 6.45) is 2.97. The minimum absolute atomic E-state index is 0.00980. The Morgan fingerprint density at radius 2 is 1.88 bits per heavy atom. The van der Waals surface area contributed by atoms with Crippen LogP contribution >= 0.6 is 0 Å². The van der Waals surface area contributed by atoms with Crippen molar-refractivity contribution in [1.82, 2.24) is 9.72 Å². The van der Waals surface area contributed by atoms with E-state index in [1.54, 1.807) is 10.6 Å². The van der Waals surface area contributed by atoms with Crippen molar-refractivity contribution < 1.29 is 4.52 Å². The number of pyridine rings is 1. The first-order chi connectivity index (χ1) is 12.3. The first kappa shape index (κ1) is 18.2. The minimum Gasteiger partial charge on any atom is -0.361 e. The summed E-state index contributed by atoms with van der Waals surface area (Å²) in [4.78, 5) is 12.3. The third-order valence-electron chi connectivity index (χ3n) is 4.69. The maximum atomic E-state index is 12.3. The number of hydrogen-bond donors (Lipinski definition) is 0. The van der Waals surface area contributed by atoms with Crippen molar-refractivity contribution in [3.63, 3.8) is 0 Å². The lowest BCUT2D eigenvalue weighted by Gasteiger charge is -2.12. The standard InChI is InChI=1S/C22H26N2O2/c1-14(2)10-19-7-6-18(11-15(19)3)12-24-13-20(8-9-21(24)25)22-16(4)23-26-17(22)5/h6-9,11,13-14H,10,12H2,1-5H3. The Morgan fingerprint density at radius 3 is 2.50 bits per heavy atom. The second-order valence-corrected chi connectivity index (χ2v) is 7.44. The second kappa shape index (κ2) is 7.32. The quantitative estimate of drug-likeness (QED) is 0.671. The molecule has 0 saturated heterocycles. The van der Waals surface area contributed by atoms with Gasteiger partial charge in [0.1, 0.15) is 5.76 Å². The average Bonchev–Trinajstić information content (AvgIpc) is 2.91. The predicted molar refractivity (Wildman–Crippen MR) is 104 cm³/mol. The van der Waals surface area contributed by atoms with Gasteiger partial charge in [0.2, 0.25) is 0 Å². The van der Waals surface area contributed by atoms with Gasteiger partial charge in [-0.3, -0.25) is 4.79 Å². The van der Waals surface area contributed by atoms with Crippen LogP contribution in [-0.4, -0.2) is 9.72 Å². The van der Waals surface area contributed by atoms with Crippen molar-refractivity contribution >= 4 is 0 Å². The zero-order valence-corrected chi connectivity index (χ0v) is 16.2. The minimum atomic E-state index is -0.00980. The van der Waals surface area contributed by atoms with E-state index in [-0.39, 0.29) is 5.56 Å². The summed E-state index contributed by atoms with van der Waals surface area (Å²) in [6.45, 7) is 11.0. The zero-order chi connectivity index (χ0) is 18.8. The molecule has 0 N–H and O–H groups in total. The molecule has 0 bridgehead atoms. The maximum Gasteiger partial charge on any atom is 0.250 e. The van der Waals surface area contributed by atoms with Gasteiger partial charge in [0.05, 0.1) is 12.2 Å². The van der Waals surface area contributed by atoms with Crippen molar-refractivity contribution in [1.29, 1.82) is 0 Å². The number of rotatable bonds is 5. The van der Waals surface area contributed by atoms with Crippen LogP contribution in [0.2, 0.25) is 0 Å². The van der Waals surface area contributed by atoms with E-state index in [1.807, 2.05) is 26.1 Å². The maximum absolute atomic E-state index is 12.3. The van der Waals surface area contributed by atoms with Crippen LogP contribution in [0.3, 0.4) is 0 Å². The molecule has 3 rings (SSSR count). The monoisotopic (exact) mass is 350 g/mol. The van der Waals surface area contributed by atoms with E-state index < -0.39 is 0 Å². The molecule has 4 heteroatoms. The van der Waals surface area contributed by atoms with Gasteiger partial charge in [-0.25, -0.2) is 0 Å². The van der Waals surface area contributed by atoms with Gasteiger partial charge in [-0.05, 0) is 55.9 Å². The molecule has 2 aromatic heterocycles. The Labute approximate surface area is 154 Å². The lowest BCUT2D eigenvalue weighted by atomic mass is 9.97. The van der Waals surface area contributed by atoms with E-state index in [9.17, 15) is 4.79 Å². The summed E-state index contributed by atoms with van der Waals surface area (Å²) in [5.41, 5.74) is 6.53. The van der Waals surface area contributed by atoms with Crippen LogP contribution in [0.4, 0.5) is 0 Å². The highest BCUT2D eigenvalue weighted by Crippen LogP contribution is 2.26. The molecular weight excluding hydrogens is 324 g/mol. The molecule has 0 atom stereocenters. The number of aryl methyl sites for hydroxylation is 3. The highest BCUT2D eigenvalue weighted by atomic mass is 16.5. The number of nitrogens with zero attached hydrogens (tertiary/aromatic N) is 2. The van der Waals surface area contributed by atoms with Gasteiger partial charge < -0.3 is 9.09 Å². The Kier molecular flexibility index (Phi) is 5.12. The summed E-state index contributed by atoms with van der Waals surface area (Å²) in [5.74, 6) is 1.40. The predicted octanol–water partition coefficient (Wildman–Crippen LogP) is 4.68. The van der Waals surface area contributed by atoms with Gasteiger partial charge in [-0.1, -0.05) is 37.2 Å². The van der Waals surface area contributed by atoms with Crippen LogP contribution in [0, 0.1) is 26.7 Å². The molecule has 0 fully saturated rings. The fraction of sp³-hybridized carbons (Fsp3) is 0.364. The van der Waals surface area contributed by atoms with E-state index in [1.165, 1.54) is 11.1 Å². The molecule has 0 aliphatic rings. The van der Waals surface area contributed by atoms with Crippen LogP contribution in [0.15, 0.2) is 45.8 Å². The largest absolute Gasteiger partial charge is 0.361 e. The zero-order valence-electron chi connectivity index (χ0n) is 16.2. The summed E-state index contributed by atoms with van der Waals surface area (Å²) in [7, 11) is 0. The fourth-order valence-electron chi connectivity index (χ4n) is 3.42. The molecule has 0 spiro atoms. The molecule has 136 valence electrons. The van der Waals surface area contributed by atoms with Gasteiger partial charge in [-0.15, -0.1) is 0 Å².